The van der Waals surface area contributed by atoms with E-state index in [4.69, 9.17) is 4.74 Å². The van der Waals surface area contributed by atoms with Gasteiger partial charge in [0.15, 0.2) is 0 Å². The summed E-state index contributed by atoms with van der Waals surface area (Å²) in [6, 6.07) is 0. The van der Waals surface area contributed by atoms with Crippen molar-refractivity contribution >= 4 is 24.2 Å². The molecular formula is C26H31N3O4. The number of hydrogen-bond acceptors (Lipinski definition) is 4. The van der Waals surface area contributed by atoms with E-state index >= 15 is 0 Å². The molecule has 7 heteroatoms. The van der Waals surface area contributed by atoms with Gasteiger partial charge in [-0.2, -0.15) is 0 Å². The summed E-state index contributed by atoms with van der Waals surface area (Å²) >= 11 is 0. The van der Waals surface area contributed by atoms with Crippen molar-refractivity contribution in [2.45, 2.75) is 52.9 Å². The van der Waals surface area contributed by atoms with Crippen molar-refractivity contribution in [2.24, 2.45) is 0 Å². The average molecular weight is 450 g/mol. The molecule has 3 heterocycles. The van der Waals surface area contributed by atoms with Crippen molar-refractivity contribution in [1.82, 2.24) is 15.3 Å². The molecule has 3 rings (SSSR count). The lowest BCUT2D eigenvalue weighted by Gasteiger charge is -2.07. The van der Waals surface area contributed by atoms with Gasteiger partial charge in [-0.1, -0.05) is 12.7 Å². The van der Waals surface area contributed by atoms with Crippen LogP contribution in [0.15, 0.2) is 35.7 Å². The molecule has 1 amide bonds. The molecule has 0 unspecified atom stereocenters. The number of nitrogens with one attached hydrogen (secondary N) is 3. The standard InChI is InChI=1S/C26H31N3O4/c1-6-18-17(4)26(32)29-23(18)12-21-16(3)20(8-7-11-30)24(28-21)13-22-19(15(2)14-27-22)9-10-25(31)33-5/h6,11-12,14,27-28H,1,7-10,13H2,2-5H3,(H,29,32)/b23-12-. The number of carbonyl (C=O) groups is 3. The van der Waals surface area contributed by atoms with Crippen LogP contribution in [0, 0.1) is 13.8 Å². The van der Waals surface area contributed by atoms with E-state index < -0.39 is 0 Å². The monoisotopic (exact) mass is 449 g/mol. The highest BCUT2D eigenvalue weighted by Crippen LogP contribution is 2.29. The third kappa shape index (κ3) is 5.08. The molecule has 0 spiro atoms. The number of rotatable bonds is 10. The minimum Gasteiger partial charge on any atom is -0.469 e. The number of aromatic amines is 2. The van der Waals surface area contributed by atoms with Crippen molar-refractivity contribution in [3.63, 3.8) is 0 Å². The van der Waals surface area contributed by atoms with Gasteiger partial charge in [-0.15, -0.1) is 0 Å². The van der Waals surface area contributed by atoms with E-state index in [0.717, 1.165) is 51.2 Å². The predicted octanol–water partition coefficient (Wildman–Crippen LogP) is 3.76. The predicted molar refractivity (Wildman–Crippen MR) is 128 cm³/mol. The first-order valence-electron chi connectivity index (χ1n) is 11.0. The van der Waals surface area contributed by atoms with E-state index in [9.17, 15) is 14.4 Å². The fraction of sp³-hybridized carbons (Fsp3) is 0.346. The van der Waals surface area contributed by atoms with Crippen LogP contribution in [0.1, 0.15) is 59.1 Å². The fourth-order valence-electron chi connectivity index (χ4n) is 4.31. The summed E-state index contributed by atoms with van der Waals surface area (Å²) < 4.78 is 4.79. The number of amides is 1. The second kappa shape index (κ2) is 10.3. The molecule has 0 radical (unpaired) electrons. The molecule has 2 aromatic heterocycles. The van der Waals surface area contributed by atoms with Crippen LogP contribution in [0.4, 0.5) is 0 Å². The van der Waals surface area contributed by atoms with E-state index in [1.165, 1.54) is 7.11 Å². The van der Waals surface area contributed by atoms with Crippen molar-refractivity contribution in [2.75, 3.05) is 7.11 Å². The number of H-pyrrole nitrogens is 2. The number of methoxy groups -OCH3 is 1. The Hall–Kier alpha value is -3.61. The first-order chi connectivity index (χ1) is 15.8. The molecule has 0 atom stereocenters. The number of hydrogen-bond donors (Lipinski definition) is 3. The van der Waals surface area contributed by atoms with E-state index in [2.05, 4.69) is 21.9 Å². The van der Waals surface area contributed by atoms with Crippen LogP contribution in [-0.2, 0) is 38.4 Å². The number of esters is 1. The Morgan fingerprint density at radius 3 is 2.58 bits per heavy atom. The Labute approximate surface area is 194 Å². The first kappa shape index (κ1) is 24.0. The van der Waals surface area contributed by atoms with Crippen LogP contribution < -0.4 is 5.32 Å². The third-order valence-corrected chi connectivity index (χ3v) is 6.26. The molecule has 2 aromatic rings. The summed E-state index contributed by atoms with van der Waals surface area (Å²) in [7, 11) is 1.39. The van der Waals surface area contributed by atoms with Gasteiger partial charge in [-0.3, -0.25) is 9.59 Å². The minimum atomic E-state index is -0.238. The number of aldehydes is 1. The molecule has 0 aliphatic carbocycles. The summed E-state index contributed by atoms with van der Waals surface area (Å²) in [5.74, 6) is -0.364. The van der Waals surface area contributed by atoms with E-state index in [1.54, 1.807) is 13.0 Å². The maximum atomic E-state index is 12.1. The molecule has 0 fully saturated rings. The molecular weight excluding hydrogens is 418 g/mol. The molecule has 0 saturated heterocycles. The van der Waals surface area contributed by atoms with Crippen molar-refractivity contribution < 1.29 is 19.1 Å². The van der Waals surface area contributed by atoms with Gasteiger partial charge in [0.25, 0.3) is 5.91 Å². The zero-order valence-electron chi connectivity index (χ0n) is 19.7. The van der Waals surface area contributed by atoms with Gasteiger partial charge >= 0.3 is 5.97 Å². The second-order valence-corrected chi connectivity index (χ2v) is 8.26. The Morgan fingerprint density at radius 1 is 1.15 bits per heavy atom. The molecule has 0 saturated carbocycles. The smallest absolute Gasteiger partial charge is 0.305 e. The fourth-order valence-corrected chi connectivity index (χ4v) is 4.31. The zero-order chi connectivity index (χ0) is 24.1. The van der Waals surface area contributed by atoms with E-state index in [-0.39, 0.29) is 11.9 Å². The van der Waals surface area contributed by atoms with E-state index in [0.29, 0.717) is 43.4 Å². The topological polar surface area (TPSA) is 104 Å². The quantitative estimate of drug-likeness (QED) is 0.379. The van der Waals surface area contributed by atoms with Crippen LogP contribution in [0.3, 0.4) is 0 Å². The number of aryl methyl sites for hydroxylation is 1. The highest BCUT2D eigenvalue weighted by Gasteiger charge is 2.23. The lowest BCUT2D eigenvalue weighted by Crippen LogP contribution is -2.15. The lowest BCUT2D eigenvalue weighted by atomic mass is 9.99. The third-order valence-electron chi connectivity index (χ3n) is 6.26. The summed E-state index contributed by atoms with van der Waals surface area (Å²) in [5, 5.41) is 2.90. The molecule has 33 heavy (non-hydrogen) atoms. The van der Waals surface area contributed by atoms with Crippen molar-refractivity contribution in [1.29, 1.82) is 0 Å². The Morgan fingerprint density at radius 2 is 1.91 bits per heavy atom. The Kier molecular flexibility index (Phi) is 7.53. The number of aromatic nitrogens is 2. The molecule has 0 bridgehead atoms. The summed E-state index contributed by atoms with van der Waals surface area (Å²) in [6.07, 6.45) is 9.04. The number of carbonyl (C=O) groups excluding carboxylic acids is 3. The SMILES string of the molecule is C=CC1=C(C)C(=O)N/C1=C\c1[nH]c(Cc2[nH]cc(C)c2CCC(=O)OC)c(CCC=O)c1C. The van der Waals surface area contributed by atoms with Crippen LogP contribution in [0.25, 0.3) is 6.08 Å². The maximum absolute atomic E-state index is 12.1. The largest absolute Gasteiger partial charge is 0.469 e. The molecule has 1 aliphatic heterocycles. The maximum Gasteiger partial charge on any atom is 0.305 e. The number of allylic oxidation sites excluding steroid dienone is 1. The van der Waals surface area contributed by atoms with Gasteiger partial charge in [0.1, 0.15) is 6.29 Å². The molecule has 174 valence electrons. The van der Waals surface area contributed by atoms with Crippen LogP contribution >= 0.6 is 0 Å². The van der Waals surface area contributed by atoms with Crippen LogP contribution in [-0.4, -0.2) is 35.2 Å². The second-order valence-electron chi connectivity index (χ2n) is 8.26. The summed E-state index contributed by atoms with van der Waals surface area (Å²) in [6.45, 7) is 9.65. The van der Waals surface area contributed by atoms with E-state index in [1.807, 2.05) is 26.1 Å². The van der Waals surface area contributed by atoms with Gasteiger partial charge in [0.2, 0.25) is 0 Å². The van der Waals surface area contributed by atoms with Crippen molar-refractivity contribution in [3.05, 3.63) is 75.0 Å². The molecule has 3 N–H and O–H groups in total. The van der Waals surface area contributed by atoms with Gasteiger partial charge in [-0.25, -0.2) is 0 Å². The van der Waals surface area contributed by atoms with Crippen LogP contribution in [0.5, 0.6) is 0 Å². The first-order valence-corrected chi connectivity index (χ1v) is 11.0. The highest BCUT2D eigenvalue weighted by atomic mass is 16.5. The average Bonchev–Trinajstić information content (AvgIpc) is 3.39. The summed E-state index contributed by atoms with van der Waals surface area (Å²) in [4.78, 5) is 41.7. The van der Waals surface area contributed by atoms with Gasteiger partial charge in [-0.05, 0) is 61.9 Å². The molecule has 7 nitrogen and oxygen atoms in total. The van der Waals surface area contributed by atoms with Crippen LogP contribution in [0.2, 0.25) is 0 Å². The normalized spacial score (nSPS) is 14.7. The zero-order valence-corrected chi connectivity index (χ0v) is 19.7. The van der Waals surface area contributed by atoms with Gasteiger partial charge in [0, 0.05) is 53.7 Å². The minimum absolute atomic E-state index is 0.126. The highest BCUT2D eigenvalue weighted by molar-refractivity contribution is 6.01. The molecule has 0 aromatic carbocycles. The van der Waals surface area contributed by atoms with Gasteiger partial charge in [0.05, 0.1) is 12.8 Å². The van der Waals surface area contributed by atoms with Crippen molar-refractivity contribution in [3.8, 4) is 0 Å². The molecule has 1 aliphatic rings. The Balaban J connectivity index is 1.98. The van der Waals surface area contributed by atoms with Gasteiger partial charge < -0.3 is 24.8 Å². The summed E-state index contributed by atoms with van der Waals surface area (Å²) in [5.41, 5.74) is 9.38. The number of ether oxygens (including phenoxy) is 1. The Bertz CT molecular complexity index is 1160. The lowest BCUT2D eigenvalue weighted by molar-refractivity contribution is -0.140.